The summed E-state index contributed by atoms with van der Waals surface area (Å²) in [6.45, 7) is 2.55. The predicted molar refractivity (Wildman–Crippen MR) is 89.6 cm³/mol. The minimum Gasteiger partial charge on any atom is -0.467 e. The van der Waals surface area contributed by atoms with E-state index in [1.54, 1.807) is 42.4 Å². The Labute approximate surface area is 143 Å². The van der Waals surface area contributed by atoms with Crippen LogP contribution in [0.1, 0.15) is 18.1 Å². The molecule has 3 aromatic rings. The first-order valence-electron chi connectivity index (χ1n) is 8.07. The van der Waals surface area contributed by atoms with E-state index in [1.165, 1.54) is 0 Å². The van der Waals surface area contributed by atoms with Crippen LogP contribution in [0.4, 0.5) is 5.69 Å². The fourth-order valence-corrected chi connectivity index (χ4v) is 3.05. The van der Waals surface area contributed by atoms with Crippen molar-refractivity contribution in [3.63, 3.8) is 0 Å². The molecule has 0 bridgehead atoms. The Morgan fingerprint density at radius 2 is 2.28 bits per heavy atom. The number of aryl methyl sites for hydroxylation is 1. The summed E-state index contributed by atoms with van der Waals surface area (Å²) in [7, 11) is 0. The number of fused-ring (bicyclic) bond motifs is 1. The van der Waals surface area contributed by atoms with E-state index in [4.69, 9.17) is 8.83 Å². The van der Waals surface area contributed by atoms with Crippen LogP contribution >= 0.6 is 0 Å². The van der Waals surface area contributed by atoms with Crippen molar-refractivity contribution in [3.05, 3.63) is 48.2 Å². The van der Waals surface area contributed by atoms with E-state index < -0.39 is 0 Å². The van der Waals surface area contributed by atoms with Crippen LogP contribution < -0.4 is 5.32 Å². The van der Waals surface area contributed by atoms with Gasteiger partial charge in [-0.05, 0) is 24.3 Å². The molecule has 1 unspecified atom stereocenters. The Kier molecular flexibility index (Phi) is 3.76. The van der Waals surface area contributed by atoms with Crippen LogP contribution in [0.2, 0.25) is 0 Å². The molecule has 3 heterocycles. The third-order valence-corrected chi connectivity index (χ3v) is 4.27. The normalized spacial score (nSPS) is 17.4. The van der Waals surface area contributed by atoms with Gasteiger partial charge >= 0.3 is 0 Å². The Bertz CT molecular complexity index is 929. The Morgan fingerprint density at radius 1 is 1.40 bits per heavy atom. The number of benzene rings is 1. The number of anilines is 1. The highest BCUT2D eigenvalue weighted by molar-refractivity contribution is 5.98. The predicted octanol–water partition coefficient (Wildman–Crippen LogP) is 2.72. The first-order chi connectivity index (χ1) is 12.1. The zero-order valence-corrected chi connectivity index (χ0v) is 13.7. The van der Waals surface area contributed by atoms with Crippen LogP contribution in [0.3, 0.4) is 0 Å². The highest BCUT2D eigenvalue weighted by Crippen LogP contribution is 2.24. The topological polar surface area (TPSA) is 88.6 Å². The van der Waals surface area contributed by atoms with Gasteiger partial charge in [-0.25, -0.2) is 4.98 Å². The number of carbonyl (C=O) groups is 2. The van der Waals surface area contributed by atoms with Crippen molar-refractivity contribution in [1.82, 2.24) is 9.88 Å². The van der Waals surface area contributed by atoms with Gasteiger partial charge in [-0.2, -0.15) is 0 Å². The minimum atomic E-state index is -0.380. The monoisotopic (exact) mass is 339 g/mol. The van der Waals surface area contributed by atoms with E-state index in [1.807, 2.05) is 6.07 Å². The standard InChI is InChI=1S/C18H17N3O4/c1-11-19-15-5-4-13(8-16(15)25-11)20-18(23)12-7-17(22)21(9-12)10-14-3-2-6-24-14/h2-6,8,12H,7,9-10H2,1H3,(H,20,23). The Hall–Kier alpha value is -3.09. The van der Waals surface area contributed by atoms with Crippen LogP contribution in [0, 0.1) is 12.8 Å². The first kappa shape index (κ1) is 15.4. The number of aromatic nitrogens is 1. The average Bonchev–Trinajstić information content (AvgIpc) is 3.28. The number of oxazole rings is 1. The maximum Gasteiger partial charge on any atom is 0.229 e. The molecule has 0 radical (unpaired) electrons. The van der Waals surface area contributed by atoms with Crippen LogP contribution in [0.15, 0.2) is 45.4 Å². The quantitative estimate of drug-likeness (QED) is 0.789. The summed E-state index contributed by atoms with van der Waals surface area (Å²) in [5, 5.41) is 2.86. The molecule has 25 heavy (non-hydrogen) atoms. The number of nitrogens with one attached hydrogen (secondary N) is 1. The Morgan fingerprint density at radius 3 is 3.08 bits per heavy atom. The summed E-state index contributed by atoms with van der Waals surface area (Å²) >= 11 is 0. The van der Waals surface area contributed by atoms with Gasteiger partial charge < -0.3 is 19.1 Å². The van der Waals surface area contributed by atoms with Gasteiger partial charge in [0.2, 0.25) is 11.8 Å². The molecule has 1 aliphatic rings. The summed E-state index contributed by atoms with van der Waals surface area (Å²) < 4.78 is 10.7. The smallest absolute Gasteiger partial charge is 0.229 e. The number of rotatable bonds is 4. The molecule has 1 saturated heterocycles. The SMILES string of the molecule is Cc1nc2ccc(NC(=O)C3CC(=O)N(Cc4ccco4)C3)cc2o1. The van der Waals surface area contributed by atoms with E-state index >= 15 is 0 Å². The molecule has 2 amide bonds. The van der Waals surface area contributed by atoms with Gasteiger partial charge in [0.1, 0.15) is 11.3 Å². The fourth-order valence-electron chi connectivity index (χ4n) is 3.05. The van der Waals surface area contributed by atoms with Crippen molar-refractivity contribution < 1.29 is 18.4 Å². The molecule has 1 aliphatic heterocycles. The van der Waals surface area contributed by atoms with Gasteiger partial charge in [0.05, 0.1) is 18.7 Å². The molecule has 1 atom stereocenters. The fraction of sp³-hybridized carbons (Fsp3) is 0.278. The number of nitrogens with zero attached hydrogens (tertiary/aromatic N) is 2. The lowest BCUT2D eigenvalue weighted by Gasteiger charge is -2.15. The zero-order chi connectivity index (χ0) is 17.4. The molecular formula is C18H17N3O4. The largest absolute Gasteiger partial charge is 0.467 e. The van der Waals surface area contributed by atoms with Crippen LogP contribution in [0.25, 0.3) is 11.1 Å². The van der Waals surface area contributed by atoms with Gasteiger partial charge in [0, 0.05) is 31.6 Å². The number of likely N-dealkylation sites (tertiary alicyclic amines) is 1. The first-order valence-corrected chi connectivity index (χ1v) is 8.07. The van der Waals surface area contributed by atoms with Gasteiger partial charge in [-0.3, -0.25) is 9.59 Å². The molecule has 1 fully saturated rings. The van der Waals surface area contributed by atoms with Crippen molar-refractivity contribution in [2.75, 3.05) is 11.9 Å². The molecular weight excluding hydrogens is 322 g/mol. The lowest BCUT2D eigenvalue weighted by molar-refractivity contribution is -0.128. The second-order valence-electron chi connectivity index (χ2n) is 6.16. The highest BCUT2D eigenvalue weighted by Gasteiger charge is 2.34. The lowest BCUT2D eigenvalue weighted by Crippen LogP contribution is -2.27. The summed E-state index contributed by atoms with van der Waals surface area (Å²) in [5.41, 5.74) is 2.00. The molecule has 7 nitrogen and oxygen atoms in total. The van der Waals surface area contributed by atoms with Crippen molar-refractivity contribution >= 4 is 28.6 Å². The number of carbonyl (C=O) groups excluding carboxylic acids is 2. The third-order valence-electron chi connectivity index (χ3n) is 4.27. The van der Waals surface area contributed by atoms with E-state index in [0.29, 0.717) is 36.0 Å². The van der Waals surface area contributed by atoms with Gasteiger partial charge in [0.25, 0.3) is 0 Å². The molecule has 1 N–H and O–H groups in total. The molecule has 4 rings (SSSR count). The van der Waals surface area contributed by atoms with Gasteiger partial charge in [0.15, 0.2) is 11.5 Å². The summed E-state index contributed by atoms with van der Waals surface area (Å²) in [6, 6.07) is 8.91. The molecule has 0 saturated carbocycles. The number of amides is 2. The van der Waals surface area contributed by atoms with Gasteiger partial charge in [-0.15, -0.1) is 0 Å². The Balaban J connectivity index is 1.42. The summed E-state index contributed by atoms with van der Waals surface area (Å²) in [5.74, 6) is 0.687. The second-order valence-corrected chi connectivity index (χ2v) is 6.16. The van der Waals surface area contributed by atoms with Crippen molar-refractivity contribution in [2.24, 2.45) is 5.92 Å². The third kappa shape index (κ3) is 3.13. The molecule has 0 spiro atoms. The van der Waals surface area contributed by atoms with Crippen molar-refractivity contribution in [2.45, 2.75) is 19.9 Å². The molecule has 1 aromatic carbocycles. The molecule has 128 valence electrons. The van der Waals surface area contributed by atoms with E-state index in [-0.39, 0.29) is 24.2 Å². The van der Waals surface area contributed by atoms with Crippen LogP contribution in [-0.2, 0) is 16.1 Å². The molecule has 2 aromatic heterocycles. The van der Waals surface area contributed by atoms with Crippen LogP contribution in [0.5, 0.6) is 0 Å². The zero-order valence-electron chi connectivity index (χ0n) is 13.7. The summed E-state index contributed by atoms with van der Waals surface area (Å²) in [4.78, 5) is 30.5. The van der Waals surface area contributed by atoms with Crippen LogP contribution in [-0.4, -0.2) is 28.2 Å². The lowest BCUT2D eigenvalue weighted by atomic mass is 10.1. The van der Waals surface area contributed by atoms with Gasteiger partial charge in [-0.1, -0.05) is 0 Å². The average molecular weight is 339 g/mol. The van der Waals surface area contributed by atoms with E-state index in [9.17, 15) is 9.59 Å². The number of hydrogen-bond acceptors (Lipinski definition) is 5. The highest BCUT2D eigenvalue weighted by atomic mass is 16.3. The molecule has 0 aliphatic carbocycles. The van der Waals surface area contributed by atoms with Crippen molar-refractivity contribution in [1.29, 1.82) is 0 Å². The summed E-state index contributed by atoms with van der Waals surface area (Å²) in [6.07, 6.45) is 1.78. The minimum absolute atomic E-state index is 0.0436. The maximum atomic E-state index is 12.5. The number of furan rings is 1. The van der Waals surface area contributed by atoms with E-state index in [0.717, 1.165) is 5.52 Å². The van der Waals surface area contributed by atoms with Crippen molar-refractivity contribution in [3.8, 4) is 0 Å². The second kappa shape index (κ2) is 6.08. The number of hydrogen-bond donors (Lipinski definition) is 1. The maximum absolute atomic E-state index is 12.5. The molecule has 7 heteroatoms. The van der Waals surface area contributed by atoms with E-state index in [2.05, 4.69) is 10.3 Å².